The van der Waals surface area contributed by atoms with Crippen LogP contribution in [0, 0.1) is 5.82 Å². The standard InChI is InChI=1S/C13H13FN2O/c14-11-4-6-12(7-5-11)15-8-10-16-9-2-1-3-13(16)17/h1-7,9,15H,8,10H2. The topological polar surface area (TPSA) is 34.0 Å². The highest BCUT2D eigenvalue weighted by Gasteiger charge is 1.95. The molecule has 0 fully saturated rings. The number of aromatic nitrogens is 1. The minimum absolute atomic E-state index is 0.0200. The molecular weight excluding hydrogens is 219 g/mol. The first-order chi connectivity index (χ1) is 8.25. The van der Waals surface area contributed by atoms with Gasteiger partial charge in [0.2, 0.25) is 0 Å². The zero-order chi connectivity index (χ0) is 12.1. The predicted molar refractivity (Wildman–Crippen MR) is 65.6 cm³/mol. The summed E-state index contributed by atoms with van der Waals surface area (Å²) in [5, 5.41) is 3.12. The Hall–Kier alpha value is -2.10. The molecule has 1 heterocycles. The molecule has 3 nitrogen and oxygen atoms in total. The van der Waals surface area contributed by atoms with E-state index in [1.807, 2.05) is 6.07 Å². The Balaban J connectivity index is 1.90. The molecule has 0 atom stereocenters. The number of pyridine rings is 1. The van der Waals surface area contributed by atoms with Crippen LogP contribution in [0.3, 0.4) is 0 Å². The summed E-state index contributed by atoms with van der Waals surface area (Å²) in [4.78, 5) is 11.4. The van der Waals surface area contributed by atoms with Crippen molar-refractivity contribution < 1.29 is 4.39 Å². The number of rotatable bonds is 4. The average Bonchev–Trinajstić information content (AvgIpc) is 2.34. The van der Waals surface area contributed by atoms with E-state index in [-0.39, 0.29) is 11.4 Å². The number of anilines is 1. The Bertz CT molecular complexity index is 534. The van der Waals surface area contributed by atoms with Crippen LogP contribution in [-0.2, 0) is 6.54 Å². The molecule has 17 heavy (non-hydrogen) atoms. The molecule has 0 saturated carbocycles. The number of benzene rings is 1. The first-order valence-corrected chi connectivity index (χ1v) is 5.40. The predicted octanol–water partition coefficient (Wildman–Crippen LogP) is 2.10. The molecule has 88 valence electrons. The average molecular weight is 232 g/mol. The van der Waals surface area contributed by atoms with Crippen LogP contribution in [0.5, 0.6) is 0 Å². The molecule has 0 amide bonds. The summed E-state index contributed by atoms with van der Waals surface area (Å²) in [5.41, 5.74) is 0.823. The van der Waals surface area contributed by atoms with Crippen molar-refractivity contribution in [1.82, 2.24) is 4.57 Å². The van der Waals surface area contributed by atoms with Crippen molar-refractivity contribution in [1.29, 1.82) is 0 Å². The molecule has 4 heteroatoms. The van der Waals surface area contributed by atoms with Crippen LogP contribution in [0.25, 0.3) is 0 Å². The SMILES string of the molecule is O=c1ccccn1CCNc1ccc(F)cc1. The summed E-state index contributed by atoms with van der Waals surface area (Å²) in [6.07, 6.45) is 1.74. The van der Waals surface area contributed by atoms with Gasteiger partial charge >= 0.3 is 0 Å². The molecule has 0 radical (unpaired) electrons. The van der Waals surface area contributed by atoms with E-state index in [2.05, 4.69) is 5.32 Å². The first-order valence-electron chi connectivity index (χ1n) is 5.40. The van der Waals surface area contributed by atoms with Crippen molar-refractivity contribution in [3.8, 4) is 0 Å². The number of hydrogen-bond donors (Lipinski definition) is 1. The second-order valence-corrected chi connectivity index (χ2v) is 3.67. The summed E-state index contributed by atoms with van der Waals surface area (Å²) in [6, 6.07) is 11.2. The third-order valence-corrected chi connectivity index (χ3v) is 2.43. The summed E-state index contributed by atoms with van der Waals surface area (Å²) in [6.45, 7) is 1.20. The maximum Gasteiger partial charge on any atom is 0.250 e. The highest BCUT2D eigenvalue weighted by molar-refractivity contribution is 5.42. The van der Waals surface area contributed by atoms with E-state index < -0.39 is 0 Å². The van der Waals surface area contributed by atoms with Crippen molar-refractivity contribution in [3.05, 3.63) is 64.8 Å². The lowest BCUT2D eigenvalue weighted by Crippen LogP contribution is -2.21. The van der Waals surface area contributed by atoms with Gasteiger partial charge in [-0.3, -0.25) is 4.79 Å². The van der Waals surface area contributed by atoms with Gasteiger partial charge in [-0.1, -0.05) is 6.07 Å². The molecule has 0 spiro atoms. The van der Waals surface area contributed by atoms with Gasteiger partial charge in [-0.2, -0.15) is 0 Å². The number of nitrogens with one attached hydrogen (secondary N) is 1. The van der Waals surface area contributed by atoms with Gasteiger partial charge in [0.15, 0.2) is 0 Å². The molecule has 1 aromatic carbocycles. The molecule has 2 aromatic rings. The fourth-order valence-corrected chi connectivity index (χ4v) is 1.53. The lowest BCUT2D eigenvalue weighted by atomic mass is 10.3. The minimum atomic E-state index is -0.255. The third kappa shape index (κ3) is 3.17. The zero-order valence-corrected chi connectivity index (χ0v) is 9.27. The maximum absolute atomic E-state index is 12.7. The van der Waals surface area contributed by atoms with E-state index in [0.29, 0.717) is 13.1 Å². The minimum Gasteiger partial charge on any atom is -0.383 e. The third-order valence-electron chi connectivity index (χ3n) is 2.43. The monoisotopic (exact) mass is 232 g/mol. The summed E-state index contributed by atoms with van der Waals surface area (Å²) >= 11 is 0. The van der Waals surface area contributed by atoms with Gasteiger partial charge in [-0.25, -0.2) is 4.39 Å². The molecule has 0 unspecified atom stereocenters. The Morgan fingerprint density at radius 2 is 1.88 bits per heavy atom. The van der Waals surface area contributed by atoms with E-state index in [9.17, 15) is 9.18 Å². The Morgan fingerprint density at radius 3 is 2.59 bits per heavy atom. The molecule has 2 rings (SSSR count). The van der Waals surface area contributed by atoms with Gasteiger partial charge in [0.05, 0.1) is 0 Å². The largest absolute Gasteiger partial charge is 0.383 e. The van der Waals surface area contributed by atoms with Crippen LogP contribution in [0.2, 0.25) is 0 Å². The molecular formula is C13H13FN2O. The fraction of sp³-hybridized carbons (Fsp3) is 0.154. The van der Waals surface area contributed by atoms with Gasteiger partial charge in [0.1, 0.15) is 5.82 Å². The Morgan fingerprint density at radius 1 is 1.12 bits per heavy atom. The smallest absolute Gasteiger partial charge is 0.250 e. The molecule has 1 N–H and O–H groups in total. The second-order valence-electron chi connectivity index (χ2n) is 3.67. The lowest BCUT2D eigenvalue weighted by molar-refractivity contribution is 0.628. The molecule has 0 saturated heterocycles. The summed E-state index contributed by atoms with van der Waals surface area (Å²) in [5.74, 6) is -0.255. The molecule has 0 bridgehead atoms. The van der Waals surface area contributed by atoms with Crippen LogP contribution in [0.4, 0.5) is 10.1 Å². The Labute approximate surface area is 98.5 Å². The zero-order valence-electron chi connectivity index (χ0n) is 9.27. The van der Waals surface area contributed by atoms with Crippen molar-refractivity contribution in [2.75, 3.05) is 11.9 Å². The van der Waals surface area contributed by atoms with Crippen molar-refractivity contribution in [2.24, 2.45) is 0 Å². The second kappa shape index (κ2) is 5.30. The van der Waals surface area contributed by atoms with E-state index >= 15 is 0 Å². The van der Waals surface area contributed by atoms with E-state index in [0.717, 1.165) is 5.69 Å². The van der Waals surface area contributed by atoms with Crippen molar-refractivity contribution >= 4 is 5.69 Å². The van der Waals surface area contributed by atoms with E-state index in [1.165, 1.54) is 18.2 Å². The summed E-state index contributed by atoms with van der Waals surface area (Å²) in [7, 11) is 0. The number of nitrogens with zero attached hydrogens (tertiary/aromatic N) is 1. The normalized spacial score (nSPS) is 10.2. The van der Waals surface area contributed by atoms with Crippen LogP contribution < -0.4 is 10.9 Å². The van der Waals surface area contributed by atoms with Crippen LogP contribution in [-0.4, -0.2) is 11.1 Å². The highest BCUT2D eigenvalue weighted by atomic mass is 19.1. The maximum atomic E-state index is 12.7. The molecule has 0 aliphatic carbocycles. The molecule has 0 aliphatic rings. The number of hydrogen-bond acceptors (Lipinski definition) is 2. The van der Waals surface area contributed by atoms with Crippen molar-refractivity contribution in [2.45, 2.75) is 6.54 Å². The van der Waals surface area contributed by atoms with Crippen LogP contribution in [0.1, 0.15) is 0 Å². The van der Waals surface area contributed by atoms with Gasteiger partial charge in [0.25, 0.3) is 5.56 Å². The van der Waals surface area contributed by atoms with Gasteiger partial charge in [-0.15, -0.1) is 0 Å². The summed E-state index contributed by atoms with van der Waals surface area (Å²) < 4.78 is 14.3. The van der Waals surface area contributed by atoms with Crippen LogP contribution in [0.15, 0.2) is 53.5 Å². The van der Waals surface area contributed by atoms with Crippen molar-refractivity contribution in [3.63, 3.8) is 0 Å². The number of halogens is 1. The highest BCUT2D eigenvalue weighted by Crippen LogP contribution is 2.07. The molecule has 0 aliphatic heterocycles. The quantitative estimate of drug-likeness (QED) is 0.875. The molecule has 1 aromatic heterocycles. The van der Waals surface area contributed by atoms with Gasteiger partial charge in [0, 0.05) is 31.0 Å². The van der Waals surface area contributed by atoms with Gasteiger partial charge in [-0.05, 0) is 30.3 Å². The van der Waals surface area contributed by atoms with E-state index in [4.69, 9.17) is 0 Å². The fourth-order valence-electron chi connectivity index (χ4n) is 1.53. The lowest BCUT2D eigenvalue weighted by Gasteiger charge is -2.07. The Kier molecular flexibility index (Phi) is 3.55. The van der Waals surface area contributed by atoms with E-state index in [1.54, 1.807) is 29.0 Å². The van der Waals surface area contributed by atoms with Crippen LogP contribution >= 0.6 is 0 Å². The first kappa shape index (κ1) is 11.4. The van der Waals surface area contributed by atoms with Gasteiger partial charge < -0.3 is 9.88 Å².